The van der Waals surface area contributed by atoms with E-state index >= 15 is 0 Å². The normalized spacial score (nSPS) is 10.1. The first-order valence-electron chi connectivity index (χ1n) is 4.11. The van der Waals surface area contributed by atoms with Crippen molar-refractivity contribution in [3.05, 3.63) is 11.9 Å². The quantitative estimate of drug-likeness (QED) is 0.701. The van der Waals surface area contributed by atoms with Crippen molar-refractivity contribution in [2.24, 2.45) is 0 Å². The van der Waals surface area contributed by atoms with Gasteiger partial charge in [-0.05, 0) is 6.42 Å². The van der Waals surface area contributed by atoms with Crippen LogP contribution in [0, 0.1) is 0 Å². The Hall–Kier alpha value is -1.32. The minimum absolute atomic E-state index is 0.452. The molecule has 1 aromatic rings. The summed E-state index contributed by atoms with van der Waals surface area (Å²) in [4.78, 5) is 8.12. The maximum absolute atomic E-state index is 5.50. The van der Waals surface area contributed by atoms with Gasteiger partial charge in [0.05, 0.1) is 0 Å². The minimum atomic E-state index is 0.452. The van der Waals surface area contributed by atoms with Gasteiger partial charge in [0.1, 0.15) is 17.5 Å². The molecule has 4 nitrogen and oxygen atoms in total. The van der Waals surface area contributed by atoms with Gasteiger partial charge in [0.25, 0.3) is 0 Å². The topological polar surface area (TPSA) is 77.8 Å². The van der Waals surface area contributed by atoms with Crippen molar-refractivity contribution in [2.45, 2.75) is 26.2 Å². The van der Waals surface area contributed by atoms with Gasteiger partial charge in [-0.25, -0.2) is 9.97 Å². The van der Waals surface area contributed by atoms with Crippen LogP contribution in [0.15, 0.2) is 6.07 Å². The second kappa shape index (κ2) is 3.90. The van der Waals surface area contributed by atoms with Crippen LogP contribution in [0.5, 0.6) is 0 Å². The highest BCUT2D eigenvalue weighted by Gasteiger charge is 1.98. The molecule has 0 saturated carbocycles. The molecule has 0 spiro atoms. The molecular formula is C8H14N4. The van der Waals surface area contributed by atoms with E-state index in [9.17, 15) is 0 Å². The Kier molecular flexibility index (Phi) is 2.85. The highest BCUT2D eigenvalue weighted by atomic mass is 15.0. The first-order chi connectivity index (χ1) is 5.72. The van der Waals surface area contributed by atoms with Crippen LogP contribution in [0.25, 0.3) is 0 Å². The molecule has 4 heteroatoms. The van der Waals surface area contributed by atoms with E-state index in [1.807, 2.05) is 0 Å². The number of aromatic nitrogens is 2. The van der Waals surface area contributed by atoms with Crippen LogP contribution >= 0.6 is 0 Å². The number of aryl methyl sites for hydroxylation is 1. The molecule has 0 radical (unpaired) electrons. The standard InChI is InChI=1S/C8H14N4/c1-2-3-4-8-11-6(9)5-7(10)12-8/h5H,2-4H2,1H3,(H4,9,10,11,12). The predicted molar refractivity (Wildman–Crippen MR) is 49.5 cm³/mol. The zero-order valence-electron chi connectivity index (χ0n) is 7.25. The van der Waals surface area contributed by atoms with Gasteiger partial charge in [0.15, 0.2) is 0 Å². The molecule has 0 saturated heterocycles. The minimum Gasteiger partial charge on any atom is -0.384 e. The second-order valence-corrected chi connectivity index (χ2v) is 2.74. The highest BCUT2D eigenvalue weighted by molar-refractivity contribution is 5.40. The lowest BCUT2D eigenvalue weighted by molar-refractivity contribution is 0.755. The molecule has 1 aromatic heterocycles. The zero-order chi connectivity index (χ0) is 8.97. The first kappa shape index (κ1) is 8.77. The van der Waals surface area contributed by atoms with Gasteiger partial charge >= 0.3 is 0 Å². The number of nitrogens with zero attached hydrogens (tertiary/aromatic N) is 2. The molecule has 0 bridgehead atoms. The van der Waals surface area contributed by atoms with Gasteiger partial charge in [-0.1, -0.05) is 13.3 Å². The van der Waals surface area contributed by atoms with Gasteiger partial charge in [0, 0.05) is 12.5 Å². The summed E-state index contributed by atoms with van der Waals surface area (Å²) in [7, 11) is 0. The fourth-order valence-electron chi connectivity index (χ4n) is 0.986. The van der Waals surface area contributed by atoms with Crippen LogP contribution in [-0.2, 0) is 6.42 Å². The lowest BCUT2D eigenvalue weighted by Gasteiger charge is -2.00. The van der Waals surface area contributed by atoms with Crippen molar-refractivity contribution < 1.29 is 0 Å². The summed E-state index contributed by atoms with van der Waals surface area (Å²) in [5.41, 5.74) is 11.0. The van der Waals surface area contributed by atoms with Crippen molar-refractivity contribution in [1.29, 1.82) is 0 Å². The number of anilines is 2. The molecular weight excluding hydrogens is 152 g/mol. The van der Waals surface area contributed by atoms with Crippen molar-refractivity contribution in [2.75, 3.05) is 11.5 Å². The van der Waals surface area contributed by atoms with Crippen LogP contribution in [0.4, 0.5) is 11.6 Å². The molecule has 0 fully saturated rings. The Bertz CT molecular complexity index is 239. The van der Waals surface area contributed by atoms with Crippen LogP contribution in [0.1, 0.15) is 25.6 Å². The van der Waals surface area contributed by atoms with Gasteiger partial charge in [0.2, 0.25) is 0 Å². The molecule has 1 heterocycles. The van der Waals surface area contributed by atoms with E-state index in [0.29, 0.717) is 11.6 Å². The number of rotatable bonds is 3. The van der Waals surface area contributed by atoms with E-state index in [2.05, 4.69) is 16.9 Å². The average Bonchev–Trinajstić information content (AvgIpc) is 1.99. The Morgan fingerprint density at radius 1 is 1.25 bits per heavy atom. The van der Waals surface area contributed by atoms with Crippen LogP contribution in [-0.4, -0.2) is 9.97 Å². The summed E-state index contributed by atoms with van der Waals surface area (Å²) in [5, 5.41) is 0. The highest BCUT2D eigenvalue weighted by Crippen LogP contribution is 2.06. The van der Waals surface area contributed by atoms with E-state index in [1.165, 1.54) is 0 Å². The zero-order valence-corrected chi connectivity index (χ0v) is 7.25. The fraction of sp³-hybridized carbons (Fsp3) is 0.500. The lowest BCUT2D eigenvalue weighted by atomic mass is 10.2. The second-order valence-electron chi connectivity index (χ2n) is 2.74. The maximum atomic E-state index is 5.50. The molecule has 0 aliphatic rings. The van der Waals surface area contributed by atoms with Gasteiger partial charge < -0.3 is 11.5 Å². The van der Waals surface area contributed by atoms with Crippen molar-refractivity contribution in [3.8, 4) is 0 Å². The average molecular weight is 166 g/mol. The van der Waals surface area contributed by atoms with Crippen molar-refractivity contribution >= 4 is 11.6 Å². The fourth-order valence-corrected chi connectivity index (χ4v) is 0.986. The molecule has 0 aliphatic carbocycles. The molecule has 1 rings (SSSR count). The molecule has 0 aromatic carbocycles. The Morgan fingerprint density at radius 2 is 1.83 bits per heavy atom. The third-order valence-corrected chi connectivity index (χ3v) is 1.57. The lowest BCUT2D eigenvalue weighted by Crippen LogP contribution is -2.02. The van der Waals surface area contributed by atoms with Crippen molar-refractivity contribution in [3.63, 3.8) is 0 Å². The van der Waals surface area contributed by atoms with Gasteiger partial charge in [-0.15, -0.1) is 0 Å². The Balaban J connectivity index is 2.72. The van der Waals surface area contributed by atoms with Gasteiger partial charge in [-0.3, -0.25) is 0 Å². The van der Waals surface area contributed by atoms with Crippen LogP contribution in [0.2, 0.25) is 0 Å². The van der Waals surface area contributed by atoms with E-state index in [1.54, 1.807) is 6.07 Å². The Morgan fingerprint density at radius 3 is 2.33 bits per heavy atom. The van der Waals surface area contributed by atoms with E-state index in [4.69, 9.17) is 11.5 Å². The van der Waals surface area contributed by atoms with Crippen LogP contribution in [0.3, 0.4) is 0 Å². The Labute approximate surface area is 72.0 Å². The largest absolute Gasteiger partial charge is 0.384 e. The first-order valence-corrected chi connectivity index (χ1v) is 4.11. The molecule has 12 heavy (non-hydrogen) atoms. The summed E-state index contributed by atoms with van der Waals surface area (Å²) < 4.78 is 0. The van der Waals surface area contributed by atoms with E-state index in [0.717, 1.165) is 25.1 Å². The summed E-state index contributed by atoms with van der Waals surface area (Å²) in [6, 6.07) is 1.56. The molecule has 66 valence electrons. The third-order valence-electron chi connectivity index (χ3n) is 1.57. The summed E-state index contributed by atoms with van der Waals surface area (Å²) in [6.45, 7) is 2.12. The number of hydrogen-bond acceptors (Lipinski definition) is 4. The molecule has 4 N–H and O–H groups in total. The van der Waals surface area contributed by atoms with Crippen LogP contribution < -0.4 is 11.5 Å². The summed E-state index contributed by atoms with van der Waals surface area (Å²) in [5.74, 6) is 1.65. The van der Waals surface area contributed by atoms with Crippen molar-refractivity contribution in [1.82, 2.24) is 9.97 Å². The monoisotopic (exact) mass is 166 g/mol. The molecule has 0 atom stereocenters. The number of hydrogen-bond donors (Lipinski definition) is 2. The predicted octanol–water partition coefficient (Wildman–Crippen LogP) is 0.984. The number of nitrogen functional groups attached to an aromatic ring is 2. The van der Waals surface area contributed by atoms with Gasteiger partial charge in [-0.2, -0.15) is 0 Å². The van der Waals surface area contributed by atoms with E-state index < -0.39 is 0 Å². The molecule has 0 unspecified atom stereocenters. The number of nitrogens with two attached hydrogens (primary N) is 2. The number of unbranched alkanes of at least 4 members (excludes halogenated alkanes) is 1. The summed E-state index contributed by atoms with van der Waals surface area (Å²) in [6.07, 6.45) is 3.05. The summed E-state index contributed by atoms with van der Waals surface area (Å²) >= 11 is 0. The third kappa shape index (κ3) is 2.38. The smallest absolute Gasteiger partial charge is 0.133 e. The molecule has 0 aliphatic heterocycles. The van der Waals surface area contributed by atoms with E-state index in [-0.39, 0.29) is 0 Å². The molecule has 0 amide bonds. The SMILES string of the molecule is CCCCc1nc(N)cc(N)n1. The maximum Gasteiger partial charge on any atom is 0.133 e.